The summed E-state index contributed by atoms with van der Waals surface area (Å²) in [7, 11) is 0. The maximum atomic E-state index is 11.2. The van der Waals surface area contributed by atoms with E-state index in [1.807, 2.05) is 0 Å². The summed E-state index contributed by atoms with van der Waals surface area (Å²) in [5.41, 5.74) is 0.329. The molecule has 0 amide bonds. The summed E-state index contributed by atoms with van der Waals surface area (Å²) in [5, 5.41) is 46.6. The fourth-order valence-electron chi connectivity index (χ4n) is 2.32. The Bertz CT molecular complexity index is 700. The average molecular weight is 456 g/mol. The molecule has 0 aromatic heterocycles. The van der Waals surface area contributed by atoms with Crippen LogP contribution < -0.4 is 32.1 Å². The molecule has 0 bridgehead atoms. The number of carboxylic acid groups (broad SMARTS) is 4. The molecular formula is C16H22FeN3O9. The Kier molecular flexibility index (Phi) is 16.3. The van der Waals surface area contributed by atoms with Crippen LogP contribution in [0.15, 0.2) is 18.2 Å². The summed E-state index contributed by atoms with van der Waals surface area (Å²) < 4.78 is 0. The van der Waals surface area contributed by atoms with Crippen molar-refractivity contribution < 1.29 is 62.1 Å². The Labute approximate surface area is 176 Å². The minimum atomic E-state index is -1.50. The van der Waals surface area contributed by atoms with E-state index in [0.717, 1.165) is 0 Å². The molecule has 1 rings (SSSR count). The number of rotatable bonds is 12. The van der Waals surface area contributed by atoms with Gasteiger partial charge in [-0.25, -0.2) is 0 Å². The fourth-order valence-corrected chi connectivity index (χ4v) is 2.32. The van der Waals surface area contributed by atoms with Crippen LogP contribution in [0.4, 0.5) is 5.69 Å². The number of benzene rings is 1. The molecule has 1 unspecified atom stereocenters. The zero-order chi connectivity index (χ0) is 19.7. The van der Waals surface area contributed by atoms with Gasteiger partial charge in [0.15, 0.2) is 0 Å². The van der Waals surface area contributed by atoms with E-state index in [2.05, 4.69) is 10.6 Å². The first-order valence-corrected chi connectivity index (χ1v) is 7.65. The predicted molar refractivity (Wildman–Crippen MR) is 90.3 cm³/mol. The molecule has 1 aromatic rings. The van der Waals surface area contributed by atoms with Crippen LogP contribution in [0.1, 0.15) is 28.8 Å². The van der Waals surface area contributed by atoms with Crippen molar-refractivity contribution in [3.05, 3.63) is 29.3 Å². The molecule has 8 N–H and O–H groups in total. The second-order valence-electron chi connectivity index (χ2n) is 5.35. The molecule has 1 radical (unpaired) electrons. The molecule has 13 heteroatoms. The van der Waals surface area contributed by atoms with Crippen molar-refractivity contribution in [3.63, 3.8) is 0 Å². The molecule has 1 aromatic carbocycles. The molecular weight excluding hydrogens is 434 g/mol. The van der Waals surface area contributed by atoms with E-state index in [-0.39, 0.29) is 64.9 Å². The van der Waals surface area contributed by atoms with Crippen molar-refractivity contribution in [2.45, 2.75) is 25.3 Å². The number of carbonyl (C=O) groups is 4. The monoisotopic (exact) mass is 456 g/mol. The van der Waals surface area contributed by atoms with E-state index in [4.69, 9.17) is 5.11 Å². The number of anilines is 1. The summed E-state index contributed by atoms with van der Waals surface area (Å²) in [4.78, 5) is 43.4. The number of aliphatic carboxylic acids is 3. The first-order chi connectivity index (χ1) is 12.2. The van der Waals surface area contributed by atoms with Crippen LogP contribution in [-0.2, 0) is 37.9 Å². The van der Waals surface area contributed by atoms with E-state index in [1.165, 1.54) is 18.2 Å². The zero-order valence-corrected chi connectivity index (χ0v) is 16.3. The maximum Gasteiger partial charge on any atom is 3.00 e. The predicted octanol–water partition coefficient (Wildman–Crippen LogP) is -4.34. The fraction of sp³-hybridized carbons (Fsp3) is 0.375. The molecule has 0 saturated carbocycles. The van der Waals surface area contributed by atoms with Crippen LogP contribution in [-0.4, -0.2) is 53.6 Å². The topological polar surface area (TPSA) is 248 Å². The Morgan fingerprint density at radius 3 is 2.21 bits per heavy atom. The minimum absolute atomic E-state index is 0. The molecule has 0 aliphatic heterocycles. The quantitative estimate of drug-likeness (QED) is 0.219. The van der Waals surface area contributed by atoms with Gasteiger partial charge in [-0.2, -0.15) is 0 Å². The summed E-state index contributed by atoms with van der Waals surface area (Å²) in [6, 6.07) is 2.93. The molecule has 0 fully saturated rings. The molecule has 29 heavy (non-hydrogen) atoms. The molecule has 12 nitrogen and oxygen atoms in total. The number of nitrogens with one attached hydrogen (secondary N) is 2. The third kappa shape index (κ3) is 11.0. The second kappa shape index (κ2) is 15.2. The van der Waals surface area contributed by atoms with Crippen LogP contribution in [0.5, 0.6) is 0 Å². The van der Waals surface area contributed by atoms with Gasteiger partial charge in [0.2, 0.25) is 0 Å². The molecule has 0 saturated heterocycles. The van der Waals surface area contributed by atoms with Gasteiger partial charge in [-0.15, -0.1) is 0 Å². The van der Waals surface area contributed by atoms with Gasteiger partial charge in [0.05, 0.1) is 11.9 Å². The Hall–Kier alpha value is -2.70. The molecule has 0 aliphatic rings. The number of carboxylic acids is 4. The average Bonchev–Trinajstić information content (AvgIpc) is 2.55. The van der Waals surface area contributed by atoms with E-state index in [0.29, 0.717) is 0 Å². The van der Waals surface area contributed by atoms with E-state index in [1.54, 1.807) is 0 Å². The maximum absolute atomic E-state index is 11.2. The van der Waals surface area contributed by atoms with Crippen LogP contribution in [0.3, 0.4) is 0 Å². The largest absolute Gasteiger partial charge is 3.00 e. The SMILES string of the molecule is N.O.O=C([O-])CCC(NCCc1c(NCC(=O)O)cccc1C(=O)[O-])C(=O)[O-].[Fe+3]. The van der Waals surface area contributed by atoms with E-state index in [9.17, 15) is 34.5 Å². The summed E-state index contributed by atoms with van der Waals surface area (Å²) in [6.07, 6.45) is -0.704. The van der Waals surface area contributed by atoms with E-state index >= 15 is 0 Å². The van der Waals surface area contributed by atoms with Gasteiger partial charge in [0.1, 0.15) is 6.54 Å². The standard InChI is InChI=1S/C16H20N2O8.Fe.H3N.H2O/c19-13(20)5-4-12(16(25)26)17-7-6-9-10(15(23)24)2-1-3-11(9)18-8-14(21)22;;;/h1-3,12,17-18H,4-8H2,(H,19,20)(H,21,22)(H,23,24)(H,25,26);;1H3;1H2/q;+3;;/p-3. The van der Waals surface area contributed by atoms with Crippen molar-refractivity contribution in [1.82, 2.24) is 11.5 Å². The van der Waals surface area contributed by atoms with Gasteiger partial charge < -0.3 is 57.1 Å². The molecule has 0 heterocycles. The van der Waals surface area contributed by atoms with Crippen molar-refractivity contribution in [2.75, 3.05) is 18.4 Å². The number of carbonyl (C=O) groups excluding carboxylic acids is 3. The van der Waals surface area contributed by atoms with Gasteiger partial charge in [0, 0.05) is 23.3 Å². The number of hydrogen-bond donors (Lipinski definition) is 4. The first-order valence-electron chi connectivity index (χ1n) is 7.65. The van der Waals surface area contributed by atoms with Gasteiger partial charge >= 0.3 is 23.0 Å². The molecule has 0 spiro atoms. The number of hydrogen-bond acceptors (Lipinski definition) is 10. The van der Waals surface area contributed by atoms with Crippen molar-refractivity contribution >= 4 is 29.6 Å². The van der Waals surface area contributed by atoms with Crippen molar-refractivity contribution in [3.8, 4) is 0 Å². The summed E-state index contributed by atoms with van der Waals surface area (Å²) >= 11 is 0. The Morgan fingerprint density at radius 1 is 1.10 bits per heavy atom. The van der Waals surface area contributed by atoms with Crippen LogP contribution >= 0.6 is 0 Å². The van der Waals surface area contributed by atoms with Crippen molar-refractivity contribution in [1.29, 1.82) is 0 Å². The zero-order valence-electron chi connectivity index (χ0n) is 15.2. The van der Waals surface area contributed by atoms with Gasteiger partial charge in [0.25, 0.3) is 0 Å². The second-order valence-corrected chi connectivity index (χ2v) is 5.35. The molecule has 1 atom stereocenters. The van der Waals surface area contributed by atoms with Crippen molar-refractivity contribution in [2.24, 2.45) is 0 Å². The van der Waals surface area contributed by atoms with Gasteiger partial charge in [-0.1, -0.05) is 12.1 Å². The minimum Gasteiger partial charge on any atom is -0.550 e. The van der Waals surface area contributed by atoms with Gasteiger partial charge in [-0.3, -0.25) is 4.79 Å². The van der Waals surface area contributed by atoms with Crippen LogP contribution in [0.25, 0.3) is 0 Å². The molecule has 163 valence electrons. The van der Waals surface area contributed by atoms with E-state index < -0.39 is 42.9 Å². The van der Waals surface area contributed by atoms with Gasteiger partial charge in [-0.05, 0) is 37.4 Å². The number of aromatic carboxylic acids is 1. The van der Waals surface area contributed by atoms with Crippen LogP contribution in [0.2, 0.25) is 0 Å². The third-order valence-electron chi connectivity index (χ3n) is 3.51. The van der Waals surface area contributed by atoms with Crippen LogP contribution in [0, 0.1) is 0 Å². The summed E-state index contributed by atoms with van der Waals surface area (Å²) in [6.45, 7) is -0.456. The normalized spacial score (nSPS) is 10.3. The third-order valence-corrected chi connectivity index (χ3v) is 3.51. The first kappa shape index (κ1) is 31.0. The molecule has 0 aliphatic carbocycles. The Morgan fingerprint density at radius 2 is 1.72 bits per heavy atom. The summed E-state index contributed by atoms with van der Waals surface area (Å²) in [5.74, 6) is -5.51. The smallest absolute Gasteiger partial charge is 0.550 e. The Balaban J connectivity index is -0.00000225.